The van der Waals surface area contributed by atoms with Gasteiger partial charge in [0.25, 0.3) is 5.91 Å². The normalized spacial score (nSPS) is 13.9. The first kappa shape index (κ1) is 28.5. The first-order valence-corrected chi connectivity index (χ1v) is 10.6. The molecule has 3 unspecified atom stereocenters. The van der Waals surface area contributed by atoms with E-state index in [9.17, 15) is 33.5 Å². The van der Waals surface area contributed by atoms with Gasteiger partial charge in [-0.2, -0.15) is 0 Å². The fourth-order valence-electron chi connectivity index (χ4n) is 2.83. The van der Waals surface area contributed by atoms with E-state index in [1.54, 1.807) is 0 Å². The van der Waals surface area contributed by atoms with Gasteiger partial charge in [0.15, 0.2) is 5.67 Å². The lowest BCUT2D eigenvalue weighted by Crippen LogP contribution is -2.58. The van der Waals surface area contributed by atoms with E-state index in [1.807, 2.05) is 5.32 Å². The van der Waals surface area contributed by atoms with Crippen molar-refractivity contribution in [3.8, 4) is 0 Å². The first-order chi connectivity index (χ1) is 15.8. The van der Waals surface area contributed by atoms with E-state index in [-0.39, 0.29) is 12.8 Å². The number of nitrogens with two attached hydrogens (primary N) is 1. The highest BCUT2D eigenvalue weighted by molar-refractivity contribution is 5.96. The van der Waals surface area contributed by atoms with Gasteiger partial charge in [0.2, 0.25) is 11.8 Å². The molecule has 34 heavy (non-hydrogen) atoms. The molecule has 0 saturated carbocycles. The second-order valence-corrected chi connectivity index (χ2v) is 8.12. The number of amides is 3. The summed E-state index contributed by atoms with van der Waals surface area (Å²) in [7, 11) is 0. The van der Waals surface area contributed by atoms with Crippen LogP contribution in [0, 0.1) is 0 Å². The maximum atomic E-state index is 13.9. The zero-order valence-corrected chi connectivity index (χ0v) is 19.0. The largest absolute Gasteiger partial charge is 0.481 e. The lowest BCUT2D eigenvalue weighted by atomic mass is 10.1. The molecule has 14 heteroatoms. The molecule has 0 aliphatic heterocycles. The van der Waals surface area contributed by atoms with Crippen LogP contribution in [0.2, 0.25) is 0 Å². The summed E-state index contributed by atoms with van der Waals surface area (Å²) in [4.78, 5) is 66.9. The molecule has 0 spiro atoms. The van der Waals surface area contributed by atoms with Gasteiger partial charge >= 0.3 is 11.9 Å². The minimum atomic E-state index is -2.39. The minimum Gasteiger partial charge on any atom is -0.481 e. The van der Waals surface area contributed by atoms with Crippen molar-refractivity contribution in [3.63, 3.8) is 0 Å². The summed E-state index contributed by atoms with van der Waals surface area (Å²) in [6, 6.07) is -4.28. The third kappa shape index (κ3) is 9.94. The van der Waals surface area contributed by atoms with Gasteiger partial charge in [-0.1, -0.05) is 0 Å². The molecule has 190 valence electrons. The molecule has 8 N–H and O–H groups in total. The molecule has 0 aliphatic rings. The average Bonchev–Trinajstić information content (AvgIpc) is 3.23. The molecular formula is C20H31FN6O7. The van der Waals surface area contributed by atoms with Gasteiger partial charge < -0.3 is 36.9 Å². The van der Waals surface area contributed by atoms with Crippen LogP contribution in [0.3, 0.4) is 0 Å². The third-order valence-corrected chi connectivity index (χ3v) is 4.71. The standard InChI is InChI=1S/C20H31FN6O7/c1-20(2,21)19(34)27-14(8-15(28)29)17(31)26-13(7-11-9-23-10-24-11)16(30)25-12(18(32)33)5-3-4-6-22/h9-10,12-14H,3-8,22H2,1-2H3,(H,23,24)(H,25,30)(H,26,31)(H,27,34)(H,28,29)(H,32,33). The molecule has 13 nitrogen and oxygen atoms in total. The number of unbranched alkanes of at least 4 members (excludes halogenated alkanes) is 1. The lowest BCUT2D eigenvalue weighted by Gasteiger charge is -2.25. The predicted octanol–water partition coefficient (Wildman–Crippen LogP) is -1.16. The van der Waals surface area contributed by atoms with Crippen molar-refractivity contribution >= 4 is 29.7 Å². The number of aromatic amines is 1. The molecule has 0 bridgehead atoms. The molecule has 0 aliphatic carbocycles. The van der Waals surface area contributed by atoms with E-state index < -0.39 is 59.9 Å². The quantitative estimate of drug-likeness (QED) is 0.149. The number of hydrogen-bond acceptors (Lipinski definition) is 7. The van der Waals surface area contributed by atoms with Crippen LogP contribution in [0.1, 0.15) is 45.2 Å². The smallest absolute Gasteiger partial charge is 0.326 e. The number of carboxylic acid groups (broad SMARTS) is 2. The number of carbonyl (C=O) groups excluding carboxylic acids is 3. The summed E-state index contributed by atoms with van der Waals surface area (Å²) in [6.07, 6.45) is 2.79. The zero-order valence-electron chi connectivity index (χ0n) is 19.0. The van der Waals surface area contributed by atoms with Crippen LogP contribution >= 0.6 is 0 Å². The SMILES string of the molecule is CC(C)(F)C(=O)NC(CC(=O)O)C(=O)NC(Cc1cnc[nH]1)C(=O)NC(CCCCN)C(=O)O. The Morgan fingerprint density at radius 1 is 1.06 bits per heavy atom. The Morgan fingerprint density at radius 2 is 1.68 bits per heavy atom. The first-order valence-electron chi connectivity index (χ1n) is 10.6. The van der Waals surface area contributed by atoms with E-state index in [1.165, 1.54) is 12.5 Å². The monoisotopic (exact) mass is 486 g/mol. The summed E-state index contributed by atoms with van der Waals surface area (Å²) in [5, 5.41) is 25.2. The summed E-state index contributed by atoms with van der Waals surface area (Å²) in [5.74, 6) is -5.85. The van der Waals surface area contributed by atoms with Crippen molar-refractivity contribution in [3.05, 3.63) is 18.2 Å². The van der Waals surface area contributed by atoms with Gasteiger partial charge in [-0.3, -0.25) is 19.2 Å². The van der Waals surface area contributed by atoms with Gasteiger partial charge in [-0.25, -0.2) is 14.2 Å². The highest BCUT2D eigenvalue weighted by Gasteiger charge is 2.34. The van der Waals surface area contributed by atoms with Crippen LogP contribution < -0.4 is 21.7 Å². The number of rotatable bonds is 15. The number of nitrogens with one attached hydrogen (secondary N) is 4. The number of imidazole rings is 1. The molecule has 0 fully saturated rings. The van der Waals surface area contributed by atoms with Crippen molar-refractivity contribution in [2.24, 2.45) is 5.73 Å². The summed E-state index contributed by atoms with van der Waals surface area (Å²) in [5.41, 5.74) is 3.44. The number of H-pyrrole nitrogens is 1. The Morgan fingerprint density at radius 3 is 2.18 bits per heavy atom. The van der Waals surface area contributed by atoms with Crippen LogP contribution in [0.5, 0.6) is 0 Å². The number of aliphatic carboxylic acids is 2. The summed E-state index contributed by atoms with van der Waals surface area (Å²) >= 11 is 0. The summed E-state index contributed by atoms with van der Waals surface area (Å²) < 4.78 is 13.9. The molecule has 1 rings (SSSR count). The topological polar surface area (TPSA) is 217 Å². The van der Waals surface area contributed by atoms with Gasteiger partial charge in [-0.05, 0) is 39.7 Å². The molecule has 1 aromatic rings. The van der Waals surface area contributed by atoms with Crippen molar-refractivity contribution in [1.29, 1.82) is 0 Å². The lowest BCUT2D eigenvalue weighted by molar-refractivity contribution is -0.144. The Bertz CT molecular complexity index is 856. The Balaban J connectivity index is 3.05. The molecule has 0 aromatic carbocycles. The van der Waals surface area contributed by atoms with E-state index in [0.29, 0.717) is 25.1 Å². The maximum Gasteiger partial charge on any atom is 0.326 e. The average molecular weight is 487 g/mol. The fraction of sp³-hybridized carbons (Fsp3) is 0.600. The molecule has 1 heterocycles. The van der Waals surface area contributed by atoms with Gasteiger partial charge in [0.05, 0.1) is 12.7 Å². The third-order valence-electron chi connectivity index (χ3n) is 4.71. The predicted molar refractivity (Wildman–Crippen MR) is 116 cm³/mol. The highest BCUT2D eigenvalue weighted by Crippen LogP contribution is 2.10. The van der Waals surface area contributed by atoms with E-state index >= 15 is 0 Å². The fourth-order valence-corrected chi connectivity index (χ4v) is 2.83. The molecule has 3 amide bonds. The molecule has 3 atom stereocenters. The highest BCUT2D eigenvalue weighted by atomic mass is 19.1. The molecule has 0 saturated heterocycles. The molecule has 0 radical (unpaired) electrons. The number of carboxylic acids is 2. The second kappa shape index (κ2) is 13.2. The van der Waals surface area contributed by atoms with Crippen LogP contribution in [0.25, 0.3) is 0 Å². The van der Waals surface area contributed by atoms with E-state index in [0.717, 1.165) is 13.8 Å². The van der Waals surface area contributed by atoms with Crippen molar-refractivity contribution in [2.45, 2.75) is 69.7 Å². The van der Waals surface area contributed by atoms with Crippen molar-refractivity contribution in [1.82, 2.24) is 25.9 Å². The van der Waals surface area contributed by atoms with Crippen molar-refractivity contribution < 1.29 is 38.6 Å². The number of aromatic nitrogens is 2. The van der Waals surface area contributed by atoms with Gasteiger partial charge in [0, 0.05) is 18.3 Å². The molecular weight excluding hydrogens is 455 g/mol. The van der Waals surface area contributed by atoms with Crippen LogP contribution in [-0.2, 0) is 30.4 Å². The minimum absolute atomic E-state index is 0.103. The van der Waals surface area contributed by atoms with Crippen LogP contribution in [-0.4, -0.2) is 80.2 Å². The maximum absolute atomic E-state index is 13.9. The van der Waals surface area contributed by atoms with Gasteiger partial charge in [-0.15, -0.1) is 0 Å². The van der Waals surface area contributed by atoms with Gasteiger partial charge in [0.1, 0.15) is 18.1 Å². The number of hydrogen-bond donors (Lipinski definition) is 7. The van der Waals surface area contributed by atoms with E-state index in [4.69, 9.17) is 10.8 Å². The van der Waals surface area contributed by atoms with Crippen molar-refractivity contribution in [2.75, 3.05) is 6.54 Å². The second-order valence-electron chi connectivity index (χ2n) is 8.12. The Labute approximate surface area is 195 Å². The van der Waals surface area contributed by atoms with Crippen LogP contribution in [0.15, 0.2) is 12.5 Å². The van der Waals surface area contributed by atoms with E-state index in [2.05, 4.69) is 20.6 Å². The van der Waals surface area contributed by atoms with Crippen LogP contribution in [0.4, 0.5) is 4.39 Å². The number of carbonyl (C=O) groups is 5. The Hall–Kier alpha value is -3.55. The Kier molecular flexibility index (Phi) is 11.1. The summed E-state index contributed by atoms with van der Waals surface area (Å²) in [6.45, 7) is 2.22. The number of alkyl halides is 1. The molecule has 1 aromatic heterocycles. The number of nitrogens with zero attached hydrogens (tertiary/aromatic N) is 1. The zero-order chi connectivity index (χ0) is 25.9. The number of halogens is 1.